The van der Waals surface area contributed by atoms with Crippen molar-refractivity contribution in [2.75, 3.05) is 6.61 Å². The molecule has 0 radical (unpaired) electrons. The van der Waals surface area contributed by atoms with Crippen LogP contribution in [0, 0.1) is 6.92 Å². The summed E-state index contributed by atoms with van der Waals surface area (Å²) in [5, 5.41) is 3.65. The van der Waals surface area contributed by atoms with Gasteiger partial charge in [0, 0.05) is 6.42 Å². The molecule has 2 nitrogen and oxygen atoms in total. The molecular formula is C11H15NO. The molecule has 2 heteroatoms. The minimum absolute atomic E-state index is 0.784. The number of nitrogens with zero attached hydrogens (tertiary/aromatic N) is 1. The van der Waals surface area contributed by atoms with E-state index in [4.69, 9.17) is 0 Å². The second-order valence-electron chi connectivity index (χ2n) is 3.06. The van der Waals surface area contributed by atoms with Gasteiger partial charge in [0.05, 0.1) is 5.71 Å². The van der Waals surface area contributed by atoms with Gasteiger partial charge in [0.25, 0.3) is 0 Å². The Morgan fingerprint density at radius 3 is 2.08 bits per heavy atom. The van der Waals surface area contributed by atoms with Gasteiger partial charge < -0.3 is 4.84 Å². The van der Waals surface area contributed by atoms with Crippen molar-refractivity contribution in [2.24, 2.45) is 5.16 Å². The number of rotatable bonds is 0. The summed E-state index contributed by atoms with van der Waals surface area (Å²) in [7, 11) is 0. The molecule has 2 rings (SSSR count). The maximum atomic E-state index is 4.64. The van der Waals surface area contributed by atoms with Gasteiger partial charge in [-0.2, -0.15) is 0 Å². The summed E-state index contributed by atoms with van der Waals surface area (Å²) >= 11 is 0. The molecule has 0 fully saturated rings. The molecule has 1 heterocycles. The molecule has 0 bridgehead atoms. The second kappa shape index (κ2) is 5.36. The molecule has 0 aliphatic carbocycles. The van der Waals surface area contributed by atoms with E-state index in [9.17, 15) is 0 Å². The first kappa shape index (κ1) is 9.78. The lowest BCUT2D eigenvalue weighted by Gasteiger charge is -1.82. The largest absolute Gasteiger partial charge is 0.395 e. The van der Waals surface area contributed by atoms with Crippen molar-refractivity contribution in [2.45, 2.75) is 20.3 Å². The van der Waals surface area contributed by atoms with Gasteiger partial charge in [-0.3, -0.25) is 0 Å². The van der Waals surface area contributed by atoms with Crippen LogP contribution in [0.5, 0.6) is 0 Å². The maximum Gasteiger partial charge on any atom is 0.122 e. The second-order valence-corrected chi connectivity index (χ2v) is 3.06. The SMILES string of the molecule is CC1=NOCC1.Cc1ccccc1. The van der Waals surface area contributed by atoms with Gasteiger partial charge in [-0.25, -0.2) is 0 Å². The summed E-state index contributed by atoms with van der Waals surface area (Å²) in [5.74, 6) is 0. The Bertz CT molecular complexity index is 267. The van der Waals surface area contributed by atoms with E-state index in [1.165, 1.54) is 5.56 Å². The highest BCUT2D eigenvalue weighted by atomic mass is 16.6. The molecule has 0 saturated carbocycles. The molecule has 1 aromatic rings. The minimum Gasteiger partial charge on any atom is -0.395 e. The lowest BCUT2D eigenvalue weighted by Crippen LogP contribution is -1.82. The topological polar surface area (TPSA) is 21.6 Å². The van der Waals surface area contributed by atoms with Gasteiger partial charge in [0.1, 0.15) is 6.61 Å². The predicted octanol–water partition coefficient (Wildman–Crippen LogP) is 2.78. The van der Waals surface area contributed by atoms with Crippen LogP contribution in [-0.2, 0) is 4.84 Å². The van der Waals surface area contributed by atoms with Gasteiger partial charge in [-0.05, 0) is 13.8 Å². The molecule has 1 aliphatic heterocycles. The predicted molar refractivity (Wildman–Crippen MR) is 54.9 cm³/mol. The summed E-state index contributed by atoms with van der Waals surface area (Å²) in [4.78, 5) is 4.64. The van der Waals surface area contributed by atoms with E-state index in [0.717, 1.165) is 18.7 Å². The Morgan fingerprint density at radius 2 is 1.85 bits per heavy atom. The zero-order chi connectivity index (χ0) is 9.52. The molecule has 0 atom stereocenters. The fourth-order valence-electron chi connectivity index (χ4n) is 0.929. The molecule has 0 spiro atoms. The van der Waals surface area contributed by atoms with Crippen molar-refractivity contribution >= 4 is 5.71 Å². The van der Waals surface area contributed by atoms with Crippen LogP contribution in [-0.4, -0.2) is 12.3 Å². The molecule has 0 N–H and O–H groups in total. The Balaban J connectivity index is 0.000000132. The summed E-state index contributed by atoms with van der Waals surface area (Å²) in [6, 6.07) is 10.3. The van der Waals surface area contributed by atoms with Gasteiger partial charge in [-0.15, -0.1) is 0 Å². The molecule has 70 valence electrons. The highest BCUT2D eigenvalue weighted by Crippen LogP contribution is 1.96. The Morgan fingerprint density at radius 1 is 1.15 bits per heavy atom. The Labute approximate surface area is 79.2 Å². The zero-order valence-corrected chi connectivity index (χ0v) is 8.16. The first-order chi connectivity index (χ1) is 6.29. The average molecular weight is 177 g/mol. The Hall–Kier alpha value is -1.31. The standard InChI is InChI=1S/C7H8.C4H7NO/c1-7-5-3-2-4-6-7;1-4-2-3-6-5-4/h2-6H,1H3;2-3H2,1H3. The van der Waals surface area contributed by atoms with Crippen molar-refractivity contribution in [3.63, 3.8) is 0 Å². The van der Waals surface area contributed by atoms with Gasteiger partial charge in [-0.1, -0.05) is 41.1 Å². The van der Waals surface area contributed by atoms with Gasteiger partial charge in [0.2, 0.25) is 0 Å². The Kier molecular flexibility index (Phi) is 4.03. The monoisotopic (exact) mass is 177 g/mol. The van der Waals surface area contributed by atoms with E-state index in [1.54, 1.807) is 0 Å². The third-order valence-electron chi connectivity index (χ3n) is 1.72. The molecule has 0 saturated heterocycles. The number of oxime groups is 1. The fourth-order valence-corrected chi connectivity index (χ4v) is 0.929. The summed E-state index contributed by atoms with van der Waals surface area (Å²) in [6.45, 7) is 4.83. The van der Waals surface area contributed by atoms with Crippen molar-refractivity contribution in [3.8, 4) is 0 Å². The van der Waals surface area contributed by atoms with E-state index in [2.05, 4.69) is 29.0 Å². The van der Waals surface area contributed by atoms with Gasteiger partial charge >= 0.3 is 0 Å². The lowest BCUT2D eigenvalue weighted by atomic mass is 10.2. The third kappa shape index (κ3) is 4.31. The number of benzene rings is 1. The van der Waals surface area contributed by atoms with Crippen LogP contribution >= 0.6 is 0 Å². The van der Waals surface area contributed by atoms with Crippen LogP contribution in [0.25, 0.3) is 0 Å². The number of hydrogen-bond donors (Lipinski definition) is 0. The third-order valence-corrected chi connectivity index (χ3v) is 1.72. The van der Waals surface area contributed by atoms with Crippen LogP contribution in [0.1, 0.15) is 18.9 Å². The van der Waals surface area contributed by atoms with Gasteiger partial charge in [0.15, 0.2) is 0 Å². The zero-order valence-electron chi connectivity index (χ0n) is 8.16. The van der Waals surface area contributed by atoms with E-state index >= 15 is 0 Å². The van der Waals surface area contributed by atoms with E-state index < -0.39 is 0 Å². The quantitative estimate of drug-likeness (QED) is 0.597. The van der Waals surface area contributed by atoms with E-state index in [0.29, 0.717) is 0 Å². The number of hydrogen-bond acceptors (Lipinski definition) is 2. The van der Waals surface area contributed by atoms with Crippen molar-refractivity contribution in [1.29, 1.82) is 0 Å². The number of aryl methyl sites for hydroxylation is 1. The van der Waals surface area contributed by atoms with Crippen LogP contribution in [0.2, 0.25) is 0 Å². The highest BCUT2D eigenvalue weighted by Gasteiger charge is 1.98. The molecule has 0 unspecified atom stereocenters. The van der Waals surface area contributed by atoms with Crippen LogP contribution < -0.4 is 0 Å². The smallest absolute Gasteiger partial charge is 0.122 e. The fraction of sp³-hybridized carbons (Fsp3) is 0.364. The first-order valence-corrected chi connectivity index (χ1v) is 4.46. The van der Waals surface area contributed by atoms with E-state index in [1.807, 2.05) is 25.1 Å². The van der Waals surface area contributed by atoms with Crippen LogP contribution in [0.4, 0.5) is 0 Å². The highest BCUT2D eigenvalue weighted by molar-refractivity contribution is 5.82. The van der Waals surface area contributed by atoms with Crippen molar-refractivity contribution < 1.29 is 4.84 Å². The van der Waals surface area contributed by atoms with Crippen molar-refractivity contribution in [1.82, 2.24) is 0 Å². The summed E-state index contributed by atoms with van der Waals surface area (Å²) < 4.78 is 0. The molecule has 1 aromatic carbocycles. The molecule has 0 aromatic heterocycles. The average Bonchev–Trinajstić information content (AvgIpc) is 2.58. The minimum atomic E-state index is 0.784. The lowest BCUT2D eigenvalue weighted by molar-refractivity contribution is 0.173. The molecule has 1 aliphatic rings. The van der Waals surface area contributed by atoms with E-state index in [-0.39, 0.29) is 0 Å². The summed E-state index contributed by atoms with van der Waals surface area (Å²) in [6.07, 6.45) is 1.01. The normalized spacial score (nSPS) is 13.8. The first-order valence-electron chi connectivity index (χ1n) is 4.46. The van der Waals surface area contributed by atoms with Crippen LogP contribution in [0.15, 0.2) is 35.5 Å². The molecular weight excluding hydrogens is 162 g/mol. The summed E-state index contributed by atoms with van der Waals surface area (Å²) in [5.41, 5.74) is 2.43. The molecule has 13 heavy (non-hydrogen) atoms. The van der Waals surface area contributed by atoms with Crippen LogP contribution in [0.3, 0.4) is 0 Å². The van der Waals surface area contributed by atoms with Crippen molar-refractivity contribution in [3.05, 3.63) is 35.9 Å². The maximum absolute atomic E-state index is 4.64. The molecule has 0 amide bonds.